The van der Waals surface area contributed by atoms with E-state index in [9.17, 15) is 23.1 Å². The molecule has 4 rings (SSSR count). The minimum absolute atomic E-state index is 0.0432. The standard InChI is InChI=1S/C23H22F3N5O2/c1-13-28-9-16(10-29-13)14-4-5-18-19(7-14)31(21(33)22(18,2)3)17-6-15(8-27-11-17)20(32)30-12-23(24,25)26/h4-11,21,33H,12H2,1-3H3,(H,30,32). The van der Waals surface area contributed by atoms with Gasteiger partial charge in [-0.1, -0.05) is 26.0 Å². The highest BCUT2D eigenvalue weighted by Crippen LogP contribution is 2.48. The molecule has 0 spiro atoms. The zero-order chi connectivity index (χ0) is 24.0. The third-order valence-electron chi connectivity index (χ3n) is 5.67. The van der Waals surface area contributed by atoms with Crippen molar-refractivity contribution >= 4 is 17.3 Å². The molecule has 1 aliphatic heterocycles. The third kappa shape index (κ3) is 4.38. The Morgan fingerprint density at radius 1 is 1.12 bits per heavy atom. The maximum absolute atomic E-state index is 12.5. The van der Waals surface area contributed by atoms with Gasteiger partial charge in [0, 0.05) is 35.3 Å². The zero-order valence-corrected chi connectivity index (χ0v) is 18.2. The van der Waals surface area contributed by atoms with Crippen LogP contribution in [0.3, 0.4) is 0 Å². The number of aromatic nitrogens is 3. The number of hydrogen-bond donors (Lipinski definition) is 2. The minimum atomic E-state index is -4.52. The minimum Gasteiger partial charge on any atom is -0.372 e. The van der Waals surface area contributed by atoms with E-state index >= 15 is 0 Å². The molecule has 172 valence electrons. The summed E-state index contributed by atoms with van der Waals surface area (Å²) in [7, 11) is 0. The Hall–Kier alpha value is -3.53. The van der Waals surface area contributed by atoms with Gasteiger partial charge >= 0.3 is 6.18 Å². The highest BCUT2D eigenvalue weighted by atomic mass is 19.4. The second-order valence-electron chi connectivity index (χ2n) is 8.45. The summed E-state index contributed by atoms with van der Waals surface area (Å²) in [6, 6.07) is 7.14. The van der Waals surface area contributed by atoms with E-state index in [-0.39, 0.29) is 5.56 Å². The summed E-state index contributed by atoms with van der Waals surface area (Å²) in [4.78, 5) is 26.3. The van der Waals surface area contributed by atoms with E-state index in [4.69, 9.17) is 0 Å². The Kier molecular flexibility index (Phi) is 5.57. The molecular weight excluding hydrogens is 435 g/mol. The number of halogens is 3. The number of nitrogens with one attached hydrogen (secondary N) is 1. The van der Waals surface area contributed by atoms with Crippen LogP contribution in [0.15, 0.2) is 49.1 Å². The predicted molar refractivity (Wildman–Crippen MR) is 116 cm³/mol. The van der Waals surface area contributed by atoms with Gasteiger partial charge in [-0.05, 0) is 30.2 Å². The van der Waals surface area contributed by atoms with Gasteiger partial charge < -0.3 is 15.3 Å². The van der Waals surface area contributed by atoms with Crippen LogP contribution in [-0.2, 0) is 5.41 Å². The second kappa shape index (κ2) is 8.11. The molecule has 0 saturated heterocycles. The zero-order valence-electron chi connectivity index (χ0n) is 18.2. The van der Waals surface area contributed by atoms with E-state index in [0.717, 1.165) is 16.7 Å². The molecule has 0 fully saturated rings. The van der Waals surface area contributed by atoms with Crippen molar-refractivity contribution in [2.45, 2.75) is 38.6 Å². The summed E-state index contributed by atoms with van der Waals surface area (Å²) in [6.45, 7) is 4.12. The average molecular weight is 457 g/mol. The lowest BCUT2D eigenvalue weighted by atomic mass is 9.85. The molecule has 1 atom stereocenters. The molecule has 3 heterocycles. The number of alkyl halides is 3. The van der Waals surface area contributed by atoms with Gasteiger partial charge in [-0.25, -0.2) is 9.97 Å². The third-order valence-corrected chi connectivity index (χ3v) is 5.67. The first kappa shape index (κ1) is 22.7. The molecule has 1 aliphatic rings. The molecule has 2 N–H and O–H groups in total. The van der Waals surface area contributed by atoms with E-state index < -0.39 is 30.3 Å². The number of aliphatic hydroxyl groups excluding tert-OH is 1. The number of hydrogen-bond acceptors (Lipinski definition) is 6. The number of fused-ring (bicyclic) bond motifs is 1. The van der Waals surface area contributed by atoms with E-state index in [1.807, 2.05) is 37.4 Å². The fraction of sp³-hybridized carbons (Fsp3) is 0.304. The van der Waals surface area contributed by atoms with Crippen LogP contribution in [0.1, 0.15) is 35.6 Å². The summed E-state index contributed by atoms with van der Waals surface area (Å²) in [6.07, 6.45) is 0.536. The lowest BCUT2D eigenvalue weighted by molar-refractivity contribution is -0.123. The first-order valence-corrected chi connectivity index (χ1v) is 10.2. The number of nitrogens with zero attached hydrogens (tertiary/aromatic N) is 4. The molecule has 33 heavy (non-hydrogen) atoms. The molecule has 1 unspecified atom stereocenters. The van der Waals surface area contributed by atoms with Crippen molar-refractivity contribution < 1.29 is 23.1 Å². The molecule has 7 nitrogen and oxygen atoms in total. The Morgan fingerprint density at radius 3 is 2.48 bits per heavy atom. The van der Waals surface area contributed by atoms with Gasteiger partial charge in [0.1, 0.15) is 18.6 Å². The number of carbonyl (C=O) groups excluding carboxylic acids is 1. The van der Waals surface area contributed by atoms with Crippen molar-refractivity contribution in [2.75, 3.05) is 11.4 Å². The van der Waals surface area contributed by atoms with Gasteiger partial charge in [0.05, 0.1) is 17.4 Å². The maximum atomic E-state index is 12.5. The summed E-state index contributed by atoms with van der Waals surface area (Å²) in [5.41, 5.74) is 2.87. The number of rotatable bonds is 4. The maximum Gasteiger partial charge on any atom is 0.405 e. The van der Waals surface area contributed by atoms with Crippen molar-refractivity contribution in [1.82, 2.24) is 20.3 Å². The SMILES string of the molecule is Cc1ncc(-c2ccc3c(c2)N(c2cncc(C(=O)NCC(F)(F)F)c2)C(O)C3(C)C)cn1. The van der Waals surface area contributed by atoms with Crippen LogP contribution in [0.25, 0.3) is 11.1 Å². The molecule has 1 aromatic carbocycles. The molecule has 3 aromatic rings. The number of anilines is 2. The number of aryl methyl sites for hydroxylation is 1. The highest BCUT2D eigenvalue weighted by Gasteiger charge is 2.44. The van der Waals surface area contributed by atoms with Gasteiger partial charge in [-0.15, -0.1) is 0 Å². The van der Waals surface area contributed by atoms with Crippen LogP contribution in [0, 0.1) is 6.92 Å². The van der Waals surface area contributed by atoms with E-state index in [0.29, 0.717) is 17.2 Å². The van der Waals surface area contributed by atoms with E-state index in [2.05, 4.69) is 15.0 Å². The van der Waals surface area contributed by atoms with Crippen molar-refractivity contribution in [3.63, 3.8) is 0 Å². The topological polar surface area (TPSA) is 91.2 Å². The second-order valence-corrected chi connectivity index (χ2v) is 8.45. The smallest absolute Gasteiger partial charge is 0.372 e. The Bertz CT molecular complexity index is 1200. The summed E-state index contributed by atoms with van der Waals surface area (Å²) < 4.78 is 37.4. The fourth-order valence-corrected chi connectivity index (χ4v) is 3.84. The Morgan fingerprint density at radius 2 is 1.82 bits per heavy atom. The predicted octanol–water partition coefficient (Wildman–Crippen LogP) is 3.89. The van der Waals surface area contributed by atoms with Gasteiger partial charge in [0.2, 0.25) is 0 Å². The lowest BCUT2D eigenvalue weighted by Crippen LogP contribution is -2.38. The first-order valence-electron chi connectivity index (χ1n) is 10.2. The normalized spacial score (nSPS) is 17.1. The Labute approximate surface area is 188 Å². The number of benzene rings is 1. The largest absolute Gasteiger partial charge is 0.405 e. The molecule has 0 saturated carbocycles. The molecule has 0 bridgehead atoms. The van der Waals surface area contributed by atoms with Crippen LogP contribution in [0.4, 0.5) is 24.5 Å². The first-order chi connectivity index (χ1) is 15.5. The van der Waals surface area contributed by atoms with Crippen LogP contribution < -0.4 is 10.2 Å². The van der Waals surface area contributed by atoms with Crippen LogP contribution in [0.5, 0.6) is 0 Å². The quantitative estimate of drug-likeness (QED) is 0.618. The molecule has 2 aromatic heterocycles. The van der Waals surface area contributed by atoms with Gasteiger partial charge in [-0.2, -0.15) is 13.2 Å². The average Bonchev–Trinajstić information content (AvgIpc) is 2.97. The summed E-state index contributed by atoms with van der Waals surface area (Å²) >= 11 is 0. The molecular formula is C23H22F3N5O2. The molecule has 0 aliphatic carbocycles. The lowest BCUT2D eigenvalue weighted by Gasteiger charge is -2.30. The van der Waals surface area contributed by atoms with Crippen molar-refractivity contribution in [2.24, 2.45) is 0 Å². The van der Waals surface area contributed by atoms with Gasteiger partial charge in [0.15, 0.2) is 0 Å². The van der Waals surface area contributed by atoms with Crippen LogP contribution in [-0.4, -0.2) is 44.9 Å². The number of amides is 1. The number of aliphatic hydroxyl groups is 1. The summed E-state index contributed by atoms with van der Waals surface area (Å²) in [5, 5.41) is 13.0. The Balaban J connectivity index is 1.73. The number of carbonyl (C=O) groups is 1. The summed E-state index contributed by atoms with van der Waals surface area (Å²) in [5.74, 6) is -0.259. The van der Waals surface area contributed by atoms with Crippen molar-refractivity contribution in [3.05, 3.63) is 66.0 Å². The number of pyridine rings is 1. The van der Waals surface area contributed by atoms with Crippen LogP contribution in [0.2, 0.25) is 0 Å². The van der Waals surface area contributed by atoms with Crippen LogP contribution >= 0.6 is 0 Å². The fourth-order valence-electron chi connectivity index (χ4n) is 3.84. The van der Waals surface area contributed by atoms with Gasteiger partial charge in [-0.3, -0.25) is 9.78 Å². The van der Waals surface area contributed by atoms with Crippen molar-refractivity contribution in [3.8, 4) is 11.1 Å². The monoisotopic (exact) mass is 457 g/mol. The van der Waals surface area contributed by atoms with Gasteiger partial charge in [0.25, 0.3) is 5.91 Å². The molecule has 0 radical (unpaired) electrons. The highest BCUT2D eigenvalue weighted by molar-refractivity contribution is 5.95. The molecule has 10 heteroatoms. The molecule has 1 amide bonds. The van der Waals surface area contributed by atoms with Crippen molar-refractivity contribution in [1.29, 1.82) is 0 Å². The van der Waals surface area contributed by atoms with E-state index in [1.54, 1.807) is 24.2 Å². The van der Waals surface area contributed by atoms with E-state index in [1.165, 1.54) is 18.5 Å².